The third kappa shape index (κ3) is 29.2. The van der Waals surface area contributed by atoms with E-state index in [-0.39, 0.29) is 25.2 Å². The molecule has 2 N–H and O–H groups in total. The van der Waals surface area contributed by atoms with Gasteiger partial charge in [-0.15, -0.1) is 0 Å². The summed E-state index contributed by atoms with van der Waals surface area (Å²) in [6.07, 6.45) is 22.3. The molecular formula is C30H64N2O5PS+. The Morgan fingerprint density at radius 2 is 1.28 bits per heavy atom. The lowest BCUT2D eigenvalue weighted by atomic mass is 10.0. The number of unbranched alkanes of at least 4 members (excludes halogenated alkanes) is 15. The molecule has 0 radical (unpaired) electrons. The van der Waals surface area contributed by atoms with E-state index in [1.165, 1.54) is 83.5 Å². The van der Waals surface area contributed by atoms with E-state index in [0.717, 1.165) is 31.4 Å². The van der Waals surface area contributed by atoms with Crippen LogP contribution in [-0.2, 0) is 18.4 Å². The number of phosphoric acid groups is 1. The highest BCUT2D eigenvalue weighted by atomic mass is 32.2. The van der Waals surface area contributed by atoms with Crippen LogP contribution in [-0.4, -0.2) is 73.7 Å². The molecule has 39 heavy (non-hydrogen) atoms. The number of phosphoric ester groups is 1. The van der Waals surface area contributed by atoms with Crippen LogP contribution in [0.25, 0.3) is 0 Å². The Hall–Kier alpha value is -0.110. The molecule has 0 aromatic rings. The number of rotatable bonds is 29. The Labute approximate surface area is 246 Å². The van der Waals surface area contributed by atoms with Crippen molar-refractivity contribution in [3.05, 3.63) is 0 Å². The van der Waals surface area contributed by atoms with Crippen molar-refractivity contribution in [2.75, 3.05) is 52.4 Å². The predicted octanol–water partition coefficient (Wildman–Crippen LogP) is 8.11. The first-order chi connectivity index (χ1) is 18.6. The van der Waals surface area contributed by atoms with Gasteiger partial charge in [0.15, 0.2) is 0 Å². The van der Waals surface area contributed by atoms with Gasteiger partial charge in [0.05, 0.1) is 33.8 Å². The number of quaternary nitrogens is 1. The molecular weight excluding hydrogens is 531 g/mol. The molecule has 0 bridgehead atoms. The summed E-state index contributed by atoms with van der Waals surface area (Å²) in [5, 5.41) is 3.01. The van der Waals surface area contributed by atoms with Crippen LogP contribution in [0.3, 0.4) is 0 Å². The molecule has 1 amide bonds. The summed E-state index contributed by atoms with van der Waals surface area (Å²) in [6, 6.07) is -0.307. The van der Waals surface area contributed by atoms with Gasteiger partial charge >= 0.3 is 7.82 Å². The average molecular weight is 596 g/mol. The van der Waals surface area contributed by atoms with Crippen molar-refractivity contribution >= 4 is 25.5 Å². The van der Waals surface area contributed by atoms with Gasteiger partial charge < -0.3 is 14.7 Å². The second kappa shape index (κ2) is 25.6. The maximum atomic E-state index is 12.4. The summed E-state index contributed by atoms with van der Waals surface area (Å²) in [7, 11) is 1.83. The number of nitrogens with zero attached hydrogens (tertiary/aromatic N) is 1. The number of nitrogens with one attached hydrogen (secondary N) is 1. The van der Waals surface area contributed by atoms with Gasteiger partial charge in [0.2, 0.25) is 5.91 Å². The van der Waals surface area contributed by atoms with Gasteiger partial charge in [0.1, 0.15) is 13.2 Å². The Morgan fingerprint density at radius 1 is 0.795 bits per heavy atom. The fourth-order valence-corrected chi connectivity index (χ4v) is 6.04. The molecule has 2 atom stereocenters. The number of thioether (sulfide) groups is 1. The normalized spacial score (nSPS) is 14.3. The molecule has 0 aliphatic heterocycles. The van der Waals surface area contributed by atoms with Gasteiger partial charge in [-0.05, 0) is 18.6 Å². The van der Waals surface area contributed by atoms with Gasteiger partial charge in [0.25, 0.3) is 0 Å². The molecule has 0 aliphatic carbocycles. The van der Waals surface area contributed by atoms with Crippen LogP contribution >= 0.6 is 19.6 Å². The van der Waals surface area contributed by atoms with E-state index in [9.17, 15) is 14.3 Å². The summed E-state index contributed by atoms with van der Waals surface area (Å²) >= 11 is 1.78. The predicted molar refractivity (Wildman–Crippen MR) is 168 cm³/mol. The van der Waals surface area contributed by atoms with Crippen LogP contribution < -0.4 is 5.32 Å². The Morgan fingerprint density at radius 3 is 1.79 bits per heavy atom. The molecule has 1 unspecified atom stereocenters. The molecule has 9 heteroatoms. The molecule has 0 fully saturated rings. The summed E-state index contributed by atoms with van der Waals surface area (Å²) in [4.78, 5) is 22.4. The minimum Gasteiger partial charge on any atom is -0.350 e. The number of hydrogen-bond acceptors (Lipinski definition) is 5. The molecule has 0 rings (SSSR count). The maximum Gasteiger partial charge on any atom is 0.472 e. The Kier molecular flexibility index (Phi) is 25.5. The lowest BCUT2D eigenvalue weighted by molar-refractivity contribution is -0.870. The van der Waals surface area contributed by atoms with E-state index in [1.807, 2.05) is 21.1 Å². The number of amides is 1. The van der Waals surface area contributed by atoms with Crippen LogP contribution in [0.15, 0.2) is 0 Å². The van der Waals surface area contributed by atoms with Gasteiger partial charge in [-0.1, -0.05) is 110 Å². The highest BCUT2D eigenvalue weighted by molar-refractivity contribution is 7.99. The Balaban J connectivity index is 4.09. The lowest BCUT2D eigenvalue weighted by Gasteiger charge is -2.24. The zero-order valence-electron chi connectivity index (χ0n) is 26.2. The van der Waals surface area contributed by atoms with Gasteiger partial charge in [-0.25, -0.2) is 4.57 Å². The largest absolute Gasteiger partial charge is 0.472 e. The van der Waals surface area contributed by atoms with E-state index in [2.05, 4.69) is 19.2 Å². The van der Waals surface area contributed by atoms with Gasteiger partial charge in [0, 0.05) is 12.2 Å². The number of hydrogen-bond donors (Lipinski definition) is 2. The summed E-state index contributed by atoms with van der Waals surface area (Å²) in [5.41, 5.74) is 0. The third-order valence-electron chi connectivity index (χ3n) is 6.79. The summed E-state index contributed by atoms with van der Waals surface area (Å²) in [6.45, 7) is 5.09. The van der Waals surface area contributed by atoms with E-state index in [0.29, 0.717) is 23.2 Å². The average Bonchev–Trinajstić information content (AvgIpc) is 2.86. The van der Waals surface area contributed by atoms with Crippen molar-refractivity contribution < 1.29 is 27.8 Å². The van der Waals surface area contributed by atoms with Crippen molar-refractivity contribution in [2.24, 2.45) is 0 Å². The fourth-order valence-electron chi connectivity index (χ4n) is 4.24. The van der Waals surface area contributed by atoms with E-state index >= 15 is 0 Å². The topological polar surface area (TPSA) is 84.9 Å². The zero-order valence-corrected chi connectivity index (χ0v) is 27.9. The van der Waals surface area contributed by atoms with Gasteiger partial charge in [-0.3, -0.25) is 13.8 Å². The minimum atomic E-state index is -4.15. The Bertz CT molecular complexity index is 619. The monoisotopic (exact) mass is 595 g/mol. The number of carbonyl (C=O) groups is 1. The van der Waals surface area contributed by atoms with Crippen molar-refractivity contribution in [2.45, 2.75) is 135 Å². The van der Waals surface area contributed by atoms with Crippen molar-refractivity contribution in [1.29, 1.82) is 0 Å². The molecule has 0 aromatic heterocycles. The molecule has 0 spiro atoms. The minimum absolute atomic E-state index is 0.0205. The van der Waals surface area contributed by atoms with E-state index < -0.39 is 7.82 Å². The first-order valence-electron chi connectivity index (χ1n) is 15.9. The quantitative estimate of drug-likeness (QED) is 0.0516. The van der Waals surface area contributed by atoms with Gasteiger partial charge in [-0.2, -0.15) is 11.8 Å². The molecule has 7 nitrogen and oxygen atoms in total. The zero-order chi connectivity index (χ0) is 29.2. The van der Waals surface area contributed by atoms with E-state index in [4.69, 9.17) is 9.05 Å². The van der Waals surface area contributed by atoms with E-state index in [1.54, 1.807) is 11.8 Å². The van der Waals surface area contributed by atoms with Crippen molar-refractivity contribution in [3.63, 3.8) is 0 Å². The standard InChI is InChI=1S/C30H63N2O5PS/c1-6-8-10-11-12-13-14-15-16-17-18-19-20-22-26-39-28-29(31-30(33)23-21-9-7-2)27-37-38(34,35)36-25-24-32(3,4)5/h29H,6-28H2,1-5H3,(H-,31,33,34,35)/p+1/t29-/m0/s1. The van der Waals surface area contributed by atoms with Crippen LogP contribution in [0.4, 0.5) is 0 Å². The SMILES string of the molecule is CCCCCCCCCCCCCCCCSC[C@H](COP(=O)(O)OCC[N+](C)(C)C)NC(=O)CCCCC. The second-order valence-corrected chi connectivity index (χ2v) is 14.6. The van der Waals surface area contributed by atoms with Crippen molar-refractivity contribution in [1.82, 2.24) is 5.32 Å². The van der Waals surface area contributed by atoms with Crippen LogP contribution in [0.1, 0.15) is 129 Å². The lowest BCUT2D eigenvalue weighted by Crippen LogP contribution is -2.40. The van der Waals surface area contributed by atoms with Crippen molar-refractivity contribution in [3.8, 4) is 0 Å². The second-order valence-electron chi connectivity index (χ2n) is 12.0. The maximum absolute atomic E-state index is 12.4. The molecule has 0 saturated carbocycles. The first-order valence-corrected chi connectivity index (χ1v) is 18.5. The van der Waals surface area contributed by atoms with Crippen LogP contribution in [0.5, 0.6) is 0 Å². The molecule has 0 heterocycles. The number of carbonyl (C=O) groups excluding carboxylic acids is 1. The molecule has 234 valence electrons. The smallest absolute Gasteiger partial charge is 0.350 e. The summed E-state index contributed by atoms with van der Waals surface area (Å²) < 4.78 is 23.3. The summed E-state index contributed by atoms with van der Waals surface area (Å²) in [5.74, 6) is 1.67. The molecule has 0 aromatic carbocycles. The fraction of sp³-hybridized carbons (Fsp3) is 0.967. The van der Waals surface area contributed by atoms with Crippen LogP contribution in [0, 0.1) is 0 Å². The number of likely N-dealkylation sites (N-methyl/N-ethyl adjacent to an activating group) is 1. The highest BCUT2D eigenvalue weighted by Gasteiger charge is 2.25. The molecule has 0 aliphatic rings. The van der Waals surface area contributed by atoms with Crippen LogP contribution in [0.2, 0.25) is 0 Å². The highest BCUT2D eigenvalue weighted by Crippen LogP contribution is 2.43. The third-order valence-corrected chi connectivity index (χ3v) is 8.99. The molecule has 0 saturated heterocycles. The first kappa shape index (κ1) is 38.9.